The fraction of sp³-hybridized carbons (Fsp3) is 0.800. The molecule has 0 aliphatic rings. The molecule has 0 heterocycles. The van der Waals surface area contributed by atoms with E-state index in [1.807, 2.05) is 0 Å². The number of rotatable bonds is 2. The molecule has 0 radical (unpaired) electrons. The lowest BCUT2D eigenvalue weighted by Gasteiger charge is -2.13. The van der Waals surface area contributed by atoms with Crippen LogP contribution in [0.15, 0.2) is 0 Å². The predicted octanol–water partition coefficient (Wildman–Crippen LogP) is 1.40. The minimum atomic E-state index is -1.07. The fourth-order valence-electron chi connectivity index (χ4n) is 0.267. The molecule has 2 nitrogen and oxygen atoms in total. The minimum Gasteiger partial charge on any atom is -0.468 e. The molecule has 0 unspecified atom stereocenters. The number of carbonyl (C=O) groups is 1. The summed E-state index contributed by atoms with van der Waals surface area (Å²) >= 11 is 10.9. The average molecular weight is 171 g/mol. The zero-order valence-electron chi connectivity index (χ0n) is 5.28. The van der Waals surface area contributed by atoms with Crippen LogP contribution in [0.3, 0.4) is 0 Å². The van der Waals surface area contributed by atoms with Crippen molar-refractivity contribution in [1.29, 1.82) is 0 Å². The van der Waals surface area contributed by atoms with Gasteiger partial charge in [0.15, 0.2) is 4.87 Å². The van der Waals surface area contributed by atoms with Crippen molar-refractivity contribution in [3.63, 3.8) is 0 Å². The highest BCUT2D eigenvalue weighted by molar-refractivity contribution is 6.38. The van der Waals surface area contributed by atoms with E-state index >= 15 is 0 Å². The van der Waals surface area contributed by atoms with Crippen molar-refractivity contribution < 1.29 is 9.53 Å². The van der Waals surface area contributed by atoms with Gasteiger partial charge in [-0.2, -0.15) is 0 Å². The maximum atomic E-state index is 10.6. The highest BCUT2D eigenvalue weighted by Gasteiger charge is 2.30. The van der Waals surface area contributed by atoms with E-state index in [9.17, 15) is 4.79 Å². The van der Waals surface area contributed by atoms with Crippen LogP contribution in [0.25, 0.3) is 0 Å². The van der Waals surface area contributed by atoms with Gasteiger partial charge in [-0.05, 0) is 6.92 Å². The molecule has 0 aliphatic carbocycles. The fourth-order valence-corrected chi connectivity index (χ4v) is 0.454. The van der Waals surface area contributed by atoms with Gasteiger partial charge >= 0.3 is 5.97 Å². The molecule has 0 amide bonds. The average Bonchev–Trinajstić information content (AvgIpc) is 1.86. The van der Waals surface area contributed by atoms with Crippen LogP contribution in [0.5, 0.6) is 0 Å². The molecule has 0 aliphatic heterocycles. The number of alkyl halides is 2. The molecule has 0 N–H and O–H groups in total. The summed E-state index contributed by atoms with van der Waals surface area (Å²) < 4.78 is 4.35. The van der Waals surface area contributed by atoms with E-state index in [-0.39, 0.29) is 5.88 Å². The first-order valence-corrected chi connectivity index (χ1v) is 3.29. The van der Waals surface area contributed by atoms with Gasteiger partial charge < -0.3 is 4.74 Å². The summed E-state index contributed by atoms with van der Waals surface area (Å²) in [5.74, 6) is -0.444. The van der Waals surface area contributed by atoms with E-state index < -0.39 is 10.8 Å². The summed E-state index contributed by atoms with van der Waals surface area (Å²) in [7, 11) is 1.27. The van der Waals surface area contributed by atoms with E-state index in [1.165, 1.54) is 14.0 Å². The van der Waals surface area contributed by atoms with Crippen LogP contribution in [-0.2, 0) is 9.53 Å². The van der Waals surface area contributed by atoms with Crippen LogP contribution in [-0.4, -0.2) is 23.8 Å². The summed E-state index contributed by atoms with van der Waals surface area (Å²) in [5, 5.41) is 0. The summed E-state index contributed by atoms with van der Waals surface area (Å²) in [6, 6.07) is 0. The molecule has 0 spiro atoms. The molecule has 9 heavy (non-hydrogen) atoms. The zero-order valence-corrected chi connectivity index (χ0v) is 6.79. The Hall–Kier alpha value is 0.0500. The van der Waals surface area contributed by atoms with Crippen LogP contribution in [0.2, 0.25) is 0 Å². The molecule has 1 atom stereocenters. The van der Waals surface area contributed by atoms with Crippen LogP contribution < -0.4 is 0 Å². The lowest BCUT2D eigenvalue weighted by atomic mass is 10.2. The lowest BCUT2D eigenvalue weighted by Crippen LogP contribution is -2.31. The molecule has 0 bridgehead atoms. The molecular weight excluding hydrogens is 163 g/mol. The van der Waals surface area contributed by atoms with Gasteiger partial charge in [0.2, 0.25) is 0 Å². The third-order valence-corrected chi connectivity index (χ3v) is 1.82. The van der Waals surface area contributed by atoms with Gasteiger partial charge in [-0.25, -0.2) is 0 Å². The van der Waals surface area contributed by atoms with Gasteiger partial charge in [0, 0.05) is 0 Å². The maximum absolute atomic E-state index is 10.6. The molecule has 0 rings (SSSR count). The molecule has 0 aromatic heterocycles. The van der Waals surface area contributed by atoms with Gasteiger partial charge in [-0.15, -0.1) is 23.2 Å². The number of hydrogen-bond acceptors (Lipinski definition) is 2. The first kappa shape index (κ1) is 9.05. The van der Waals surface area contributed by atoms with Crippen LogP contribution in [0.4, 0.5) is 0 Å². The van der Waals surface area contributed by atoms with Gasteiger partial charge in [0.25, 0.3) is 0 Å². The molecule has 0 saturated heterocycles. The molecule has 54 valence electrons. The van der Waals surface area contributed by atoms with Crippen molar-refractivity contribution in [3.8, 4) is 0 Å². The Balaban J connectivity index is 3.97. The first-order valence-electron chi connectivity index (χ1n) is 2.38. The first-order chi connectivity index (χ1) is 4.04. The van der Waals surface area contributed by atoms with Crippen LogP contribution in [0.1, 0.15) is 6.92 Å². The van der Waals surface area contributed by atoms with Crippen molar-refractivity contribution in [2.75, 3.05) is 13.0 Å². The van der Waals surface area contributed by atoms with Gasteiger partial charge in [-0.3, -0.25) is 4.79 Å². The van der Waals surface area contributed by atoms with E-state index in [0.29, 0.717) is 0 Å². The number of hydrogen-bond donors (Lipinski definition) is 0. The summed E-state index contributed by atoms with van der Waals surface area (Å²) in [6.45, 7) is 1.51. The lowest BCUT2D eigenvalue weighted by molar-refractivity contribution is -0.142. The van der Waals surface area contributed by atoms with E-state index in [2.05, 4.69) is 4.74 Å². The monoisotopic (exact) mass is 170 g/mol. The Morgan fingerprint density at radius 3 is 2.33 bits per heavy atom. The molecular formula is C5H8Cl2O2. The van der Waals surface area contributed by atoms with E-state index in [4.69, 9.17) is 23.2 Å². The highest BCUT2D eigenvalue weighted by Crippen LogP contribution is 2.17. The topological polar surface area (TPSA) is 26.3 Å². The summed E-state index contributed by atoms with van der Waals surface area (Å²) in [4.78, 5) is 9.55. The number of esters is 1. The van der Waals surface area contributed by atoms with Crippen molar-refractivity contribution >= 4 is 29.2 Å². The van der Waals surface area contributed by atoms with Crippen LogP contribution in [0, 0.1) is 0 Å². The quantitative estimate of drug-likeness (QED) is 0.463. The van der Waals surface area contributed by atoms with E-state index in [0.717, 1.165) is 0 Å². The minimum absolute atomic E-state index is 0.0568. The Bertz CT molecular complexity index is 112. The third kappa shape index (κ3) is 2.41. The van der Waals surface area contributed by atoms with Crippen molar-refractivity contribution in [2.45, 2.75) is 11.8 Å². The van der Waals surface area contributed by atoms with Gasteiger partial charge in [-0.1, -0.05) is 0 Å². The molecule has 0 saturated carbocycles. The van der Waals surface area contributed by atoms with Gasteiger partial charge in [0.1, 0.15) is 0 Å². The highest BCUT2D eigenvalue weighted by atomic mass is 35.5. The Morgan fingerprint density at radius 2 is 2.22 bits per heavy atom. The Labute approximate surface area is 64.1 Å². The Morgan fingerprint density at radius 1 is 1.78 bits per heavy atom. The molecule has 0 aromatic carbocycles. The second kappa shape index (κ2) is 3.28. The number of carbonyl (C=O) groups excluding carboxylic acids is 1. The molecule has 0 aromatic rings. The predicted molar refractivity (Wildman–Crippen MR) is 37.0 cm³/mol. The van der Waals surface area contributed by atoms with Crippen molar-refractivity contribution in [3.05, 3.63) is 0 Å². The third-order valence-electron chi connectivity index (χ3n) is 0.862. The van der Waals surface area contributed by atoms with Crippen LogP contribution >= 0.6 is 23.2 Å². The number of methoxy groups -OCH3 is 1. The smallest absolute Gasteiger partial charge is 0.327 e. The maximum Gasteiger partial charge on any atom is 0.327 e. The summed E-state index contributed by atoms with van der Waals surface area (Å²) in [6.07, 6.45) is 0. The summed E-state index contributed by atoms with van der Waals surface area (Å²) in [5.41, 5.74) is 0. The van der Waals surface area contributed by atoms with E-state index in [1.54, 1.807) is 0 Å². The SMILES string of the molecule is COC(=O)[C@](C)(Cl)CCl. The Kier molecular flexibility index (Phi) is 3.30. The second-order valence-corrected chi connectivity index (χ2v) is 2.92. The van der Waals surface area contributed by atoms with Gasteiger partial charge in [0.05, 0.1) is 13.0 Å². The second-order valence-electron chi connectivity index (χ2n) is 1.82. The van der Waals surface area contributed by atoms with Crippen molar-refractivity contribution in [1.82, 2.24) is 0 Å². The zero-order chi connectivity index (χ0) is 7.49. The molecule has 4 heteroatoms. The number of ether oxygens (including phenoxy) is 1. The largest absolute Gasteiger partial charge is 0.468 e. The molecule has 0 fully saturated rings. The normalized spacial score (nSPS) is 16.4. The number of halogens is 2. The standard InChI is InChI=1S/C5H8Cl2O2/c1-5(7,3-6)4(8)9-2/h3H2,1-2H3/t5-/m1/s1. The van der Waals surface area contributed by atoms with Crippen molar-refractivity contribution in [2.24, 2.45) is 0 Å².